The summed E-state index contributed by atoms with van der Waals surface area (Å²) in [6, 6.07) is 0. The monoisotopic (exact) mass is 318 g/mol. The predicted octanol–water partition coefficient (Wildman–Crippen LogP) is 3.36. The van der Waals surface area contributed by atoms with Crippen LogP contribution in [0, 0.1) is 0 Å². The van der Waals surface area contributed by atoms with Crippen molar-refractivity contribution < 1.29 is 18.1 Å². The van der Waals surface area contributed by atoms with E-state index in [0.717, 1.165) is 0 Å². The summed E-state index contributed by atoms with van der Waals surface area (Å²) in [5.74, 6) is -0.576. The number of aliphatic hydroxyl groups is 1. The average molecular weight is 318 g/mol. The second kappa shape index (κ2) is 17.9. The van der Waals surface area contributed by atoms with Gasteiger partial charge < -0.3 is 5.11 Å². The van der Waals surface area contributed by atoms with E-state index in [1.54, 1.807) is 0 Å². The van der Waals surface area contributed by atoms with E-state index in [4.69, 9.17) is 9.66 Å². The van der Waals surface area contributed by atoms with Gasteiger partial charge in [0.2, 0.25) is 0 Å². The molecule has 0 bridgehead atoms. The van der Waals surface area contributed by atoms with Crippen molar-refractivity contribution in [2.24, 2.45) is 0 Å². The molecule has 6 heteroatoms. The number of aliphatic hydroxyl groups excluding tert-OH is 1. The van der Waals surface area contributed by atoms with Crippen molar-refractivity contribution in [3.05, 3.63) is 0 Å². The molecule has 0 aliphatic rings. The Morgan fingerprint density at radius 2 is 1.25 bits per heavy atom. The van der Waals surface area contributed by atoms with Gasteiger partial charge in [-0.15, -0.1) is 0 Å². The normalized spacial score (nSPS) is 11.1. The molecule has 0 aromatic carbocycles. The summed E-state index contributed by atoms with van der Waals surface area (Å²) < 4.78 is 28.6. The Labute approximate surface area is 142 Å². The van der Waals surface area contributed by atoms with Gasteiger partial charge in [0.15, 0.2) is 0 Å². The standard InChI is InChI=1S/C12H25.C2H6O4S.Na/c1-3-5-7-9-11-12-10-8-6-4-2;3-1-2-7(4,5)6;/h1,3-12H2,2H3;3H,1-2H2,(H,4,5,6);. The van der Waals surface area contributed by atoms with Crippen LogP contribution in [-0.4, -0.2) is 58.4 Å². The summed E-state index contributed by atoms with van der Waals surface area (Å²) in [5, 5.41) is 7.86. The van der Waals surface area contributed by atoms with Crippen LogP contribution in [0.2, 0.25) is 3.67 Å². The molecule has 0 spiro atoms. The molecule has 0 aromatic heterocycles. The van der Waals surface area contributed by atoms with E-state index in [-0.39, 0.29) is 0 Å². The summed E-state index contributed by atoms with van der Waals surface area (Å²) in [7, 11) is -3.92. The number of hydrogen-bond acceptors (Lipinski definition) is 3. The van der Waals surface area contributed by atoms with Crippen molar-refractivity contribution in [1.82, 2.24) is 0 Å². The SMILES string of the molecule is CCCCCCCCCCC[CH2][Na].O=S(=O)(O)CCO. The zero-order chi connectivity index (χ0) is 15.7. The second-order valence-corrected chi connectivity index (χ2v) is 7.76. The first-order valence-electron chi connectivity index (χ1n) is 8.04. The average Bonchev–Trinajstić information content (AvgIpc) is 2.36. The minimum atomic E-state index is -3.92. The van der Waals surface area contributed by atoms with Crippen molar-refractivity contribution in [2.75, 3.05) is 12.4 Å². The van der Waals surface area contributed by atoms with E-state index >= 15 is 0 Å². The van der Waals surface area contributed by atoms with Gasteiger partial charge in [0.25, 0.3) is 10.1 Å². The summed E-state index contributed by atoms with van der Waals surface area (Å²) in [5.41, 5.74) is 0. The minimum absolute atomic E-state index is 0.529. The quantitative estimate of drug-likeness (QED) is 0.329. The molecule has 0 unspecified atom stereocenters. The van der Waals surface area contributed by atoms with Crippen molar-refractivity contribution in [3.8, 4) is 0 Å². The van der Waals surface area contributed by atoms with Crippen LogP contribution >= 0.6 is 0 Å². The zero-order valence-corrected chi connectivity index (χ0v) is 16.1. The van der Waals surface area contributed by atoms with Gasteiger partial charge in [-0.25, -0.2) is 0 Å². The van der Waals surface area contributed by atoms with Crippen molar-refractivity contribution in [2.45, 2.75) is 74.8 Å². The van der Waals surface area contributed by atoms with Crippen LogP contribution in [0.5, 0.6) is 0 Å². The maximum Gasteiger partial charge on any atom is 0.267 e. The molecule has 0 saturated carbocycles. The Kier molecular flexibility index (Phi) is 20.7. The molecule has 0 atom stereocenters. The summed E-state index contributed by atoms with van der Waals surface area (Å²) >= 11 is 1.41. The first-order valence-corrected chi connectivity index (χ1v) is 11.1. The third-order valence-electron chi connectivity index (χ3n) is 3.06. The Balaban J connectivity index is 0. The molecule has 118 valence electrons. The third-order valence-corrected chi connectivity index (χ3v) is 4.46. The molecule has 20 heavy (non-hydrogen) atoms. The molecule has 0 fully saturated rings. The molecule has 0 aliphatic carbocycles. The topological polar surface area (TPSA) is 74.6 Å². The Bertz CT molecular complexity index is 258. The van der Waals surface area contributed by atoms with E-state index < -0.39 is 22.5 Å². The minimum Gasteiger partial charge on any atom is -0.395 e. The number of hydrogen-bond donors (Lipinski definition) is 2. The zero-order valence-electron chi connectivity index (χ0n) is 13.3. The van der Waals surface area contributed by atoms with E-state index in [9.17, 15) is 8.42 Å². The van der Waals surface area contributed by atoms with Gasteiger partial charge in [-0.05, 0) is 0 Å². The van der Waals surface area contributed by atoms with Crippen molar-refractivity contribution in [1.29, 1.82) is 0 Å². The van der Waals surface area contributed by atoms with E-state index in [0.29, 0.717) is 0 Å². The van der Waals surface area contributed by atoms with Crippen LogP contribution < -0.4 is 0 Å². The molecule has 0 amide bonds. The van der Waals surface area contributed by atoms with Crippen LogP contribution in [0.1, 0.15) is 71.1 Å². The molecule has 4 nitrogen and oxygen atoms in total. The van der Waals surface area contributed by atoms with Crippen LogP contribution in [0.25, 0.3) is 0 Å². The van der Waals surface area contributed by atoms with Crippen molar-refractivity contribution >= 4 is 38.0 Å². The molecular formula is C14H31NaO4S. The van der Waals surface area contributed by atoms with Gasteiger partial charge >= 0.3 is 103 Å². The first-order chi connectivity index (χ1) is 9.47. The predicted molar refractivity (Wildman–Crippen MR) is 85.9 cm³/mol. The van der Waals surface area contributed by atoms with Crippen LogP contribution in [0.4, 0.5) is 0 Å². The molecule has 2 N–H and O–H groups in total. The first kappa shape index (κ1) is 23.1. The fourth-order valence-corrected chi connectivity index (χ4v) is 2.58. The van der Waals surface area contributed by atoms with Crippen LogP contribution in [-0.2, 0) is 10.1 Å². The van der Waals surface area contributed by atoms with Gasteiger partial charge in [-0.2, -0.15) is 8.42 Å². The van der Waals surface area contributed by atoms with Gasteiger partial charge in [0.05, 0.1) is 12.4 Å². The smallest absolute Gasteiger partial charge is 0.267 e. The number of rotatable bonds is 12. The fraction of sp³-hybridized carbons (Fsp3) is 1.00. The number of unbranched alkanes of at least 4 members (excludes halogenated alkanes) is 9. The van der Waals surface area contributed by atoms with Gasteiger partial charge in [0, 0.05) is 0 Å². The largest absolute Gasteiger partial charge is 0.395 e. The molecular weight excluding hydrogens is 287 g/mol. The molecule has 0 rings (SSSR count). The van der Waals surface area contributed by atoms with Gasteiger partial charge in [-0.3, -0.25) is 4.55 Å². The van der Waals surface area contributed by atoms with Crippen molar-refractivity contribution in [3.63, 3.8) is 0 Å². The summed E-state index contributed by atoms with van der Waals surface area (Å²) in [6.07, 6.45) is 14.7. The maximum absolute atomic E-state index is 9.63. The molecule has 0 aromatic rings. The van der Waals surface area contributed by atoms with Gasteiger partial charge in [0.1, 0.15) is 0 Å². The van der Waals surface area contributed by atoms with Crippen LogP contribution in [0.15, 0.2) is 0 Å². The van der Waals surface area contributed by atoms with E-state index in [1.165, 1.54) is 95.8 Å². The molecule has 0 radical (unpaired) electrons. The summed E-state index contributed by atoms with van der Waals surface area (Å²) in [4.78, 5) is 0. The molecule has 0 saturated heterocycles. The summed E-state index contributed by atoms with van der Waals surface area (Å²) in [6.45, 7) is 1.76. The maximum atomic E-state index is 9.63. The van der Waals surface area contributed by atoms with E-state index in [2.05, 4.69) is 6.92 Å². The second-order valence-electron chi connectivity index (χ2n) is 5.19. The Morgan fingerprint density at radius 1 is 0.850 bits per heavy atom. The van der Waals surface area contributed by atoms with Crippen LogP contribution in [0.3, 0.4) is 0 Å². The molecule has 0 aliphatic heterocycles. The van der Waals surface area contributed by atoms with Gasteiger partial charge in [-0.1, -0.05) is 0 Å². The Morgan fingerprint density at radius 3 is 1.50 bits per heavy atom. The fourth-order valence-electron chi connectivity index (χ4n) is 1.85. The van der Waals surface area contributed by atoms with E-state index in [1.807, 2.05) is 0 Å². The molecule has 0 heterocycles. The third kappa shape index (κ3) is 27.3. The Hall–Kier alpha value is 0.870.